The van der Waals surface area contributed by atoms with Gasteiger partial charge in [0.1, 0.15) is 5.82 Å². The number of unbranched alkanes of at least 4 members (excludes halogenated alkanes) is 2. The predicted octanol–water partition coefficient (Wildman–Crippen LogP) is 7.41. The molecule has 1 aromatic rings. The molecule has 0 aliphatic heterocycles. The number of hydrogen-bond acceptors (Lipinski definition) is 0. The molecule has 0 saturated heterocycles. The van der Waals surface area contributed by atoms with E-state index in [2.05, 4.69) is 19.1 Å². The van der Waals surface area contributed by atoms with Gasteiger partial charge in [-0.2, -0.15) is 0 Å². The highest BCUT2D eigenvalue weighted by molar-refractivity contribution is 5.28. The molecule has 24 heavy (non-hydrogen) atoms. The fraction of sp³-hybridized carbons (Fsp3) is 0.739. The molecule has 3 rings (SSSR count). The lowest BCUT2D eigenvalue weighted by atomic mass is 9.57. The molecule has 0 radical (unpaired) electrons. The Morgan fingerprint density at radius 3 is 2.21 bits per heavy atom. The molecule has 2 saturated carbocycles. The SMILES string of the molecule is CCCCCC1CCC(C2(c3ccc(F)cc3)CCCCC2)CC1. The first-order valence-corrected chi connectivity index (χ1v) is 10.5. The monoisotopic (exact) mass is 330 g/mol. The lowest BCUT2D eigenvalue weighted by molar-refractivity contribution is 0.124. The number of benzene rings is 1. The number of rotatable bonds is 6. The van der Waals surface area contributed by atoms with Crippen LogP contribution in [-0.2, 0) is 5.41 Å². The van der Waals surface area contributed by atoms with Gasteiger partial charge in [-0.15, -0.1) is 0 Å². The van der Waals surface area contributed by atoms with Crippen LogP contribution in [0.1, 0.15) is 96.0 Å². The molecule has 0 unspecified atom stereocenters. The highest BCUT2D eigenvalue weighted by Crippen LogP contribution is 2.51. The van der Waals surface area contributed by atoms with Crippen molar-refractivity contribution in [2.45, 2.75) is 95.8 Å². The van der Waals surface area contributed by atoms with Gasteiger partial charge in [-0.05, 0) is 60.6 Å². The van der Waals surface area contributed by atoms with E-state index in [0.29, 0.717) is 5.41 Å². The summed E-state index contributed by atoms with van der Waals surface area (Å²) in [6.07, 6.45) is 18.0. The fourth-order valence-corrected chi connectivity index (χ4v) is 5.58. The minimum Gasteiger partial charge on any atom is -0.207 e. The van der Waals surface area contributed by atoms with E-state index in [4.69, 9.17) is 0 Å². The van der Waals surface area contributed by atoms with Crippen molar-refractivity contribution in [2.24, 2.45) is 11.8 Å². The van der Waals surface area contributed by atoms with Gasteiger partial charge in [0.05, 0.1) is 0 Å². The molecule has 134 valence electrons. The van der Waals surface area contributed by atoms with E-state index in [1.165, 1.54) is 89.0 Å². The highest BCUT2D eigenvalue weighted by Gasteiger charge is 2.42. The van der Waals surface area contributed by atoms with Crippen LogP contribution in [0.4, 0.5) is 4.39 Å². The maximum absolute atomic E-state index is 13.4. The van der Waals surface area contributed by atoms with Gasteiger partial charge in [0, 0.05) is 0 Å². The molecule has 0 nitrogen and oxygen atoms in total. The number of hydrogen-bond donors (Lipinski definition) is 0. The Balaban J connectivity index is 1.68. The van der Waals surface area contributed by atoms with Gasteiger partial charge < -0.3 is 0 Å². The van der Waals surface area contributed by atoms with Crippen LogP contribution >= 0.6 is 0 Å². The van der Waals surface area contributed by atoms with Crippen molar-refractivity contribution >= 4 is 0 Å². The third-order valence-corrected chi connectivity index (χ3v) is 7.01. The Kier molecular flexibility index (Phi) is 6.36. The van der Waals surface area contributed by atoms with Crippen LogP contribution in [0.5, 0.6) is 0 Å². The van der Waals surface area contributed by atoms with Gasteiger partial charge in [-0.3, -0.25) is 0 Å². The summed E-state index contributed by atoms with van der Waals surface area (Å²) >= 11 is 0. The predicted molar refractivity (Wildman–Crippen MR) is 101 cm³/mol. The first-order chi connectivity index (χ1) is 11.7. The van der Waals surface area contributed by atoms with Crippen molar-refractivity contribution in [1.82, 2.24) is 0 Å². The molecule has 2 fully saturated rings. The van der Waals surface area contributed by atoms with Crippen molar-refractivity contribution in [3.8, 4) is 0 Å². The molecule has 0 bridgehead atoms. The maximum atomic E-state index is 13.4. The van der Waals surface area contributed by atoms with Gasteiger partial charge in [-0.1, -0.05) is 76.8 Å². The Morgan fingerprint density at radius 1 is 0.917 bits per heavy atom. The van der Waals surface area contributed by atoms with E-state index in [1.54, 1.807) is 12.1 Å². The molecule has 0 heterocycles. The molecular weight excluding hydrogens is 295 g/mol. The minimum absolute atomic E-state index is 0.0932. The van der Waals surface area contributed by atoms with Gasteiger partial charge in [0.2, 0.25) is 0 Å². The molecule has 1 aromatic carbocycles. The highest BCUT2D eigenvalue weighted by atomic mass is 19.1. The van der Waals surface area contributed by atoms with Crippen LogP contribution in [0.2, 0.25) is 0 Å². The van der Waals surface area contributed by atoms with E-state index in [0.717, 1.165) is 11.8 Å². The van der Waals surface area contributed by atoms with Gasteiger partial charge in [0.15, 0.2) is 0 Å². The van der Waals surface area contributed by atoms with E-state index < -0.39 is 0 Å². The smallest absolute Gasteiger partial charge is 0.123 e. The molecule has 0 amide bonds. The second-order valence-corrected chi connectivity index (χ2v) is 8.44. The Morgan fingerprint density at radius 2 is 1.58 bits per heavy atom. The second kappa shape index (κ2) is 8.50. The van der Waals surface area contributed by atoms with Crippen LogP contribution in [0.3, 0.4) is 0 Å². The lowest BCUT2D eigenvalue weighted by Gasteiger charge is -2.47. The molecule has 1 heteroatoms. The molecule has 2 aliphatic carbocycles. The van der Waals surface area contributed by atoms with Gasteiger partial charge in [-0.25, -0.2) is 4.39 Å². The Bertz CT molecular complexity index is 475. The largest absolute Gasteiger partial charge is 0.207 e. The Labute approximate surface area is 148 Å². The molecule has 0 aromatic heterocycles. The van der Waals surface area contributed by atoms with Crippen LogP contribution in [0, 0.1) is 17.7 Å². The zero-order valence-corrected chi connectivity index (χ0v) is 15.5. The normalized spacial score (nSPS) is 27.1. The molecule has 0 spiro atoms. The summed E-state index contributed by atoms with van der Waals surface area (Å²) in [5, 5.41) is 0. The standard InChI is InChI=1S/C23H35F/c1-2-3-5-8-19-9-11-20(12-10-19)23(17-6-4-7-18-23)21-13-15-22(24)16-14-21/h13-16,19-20H,2-12,17-18H2,1H3. The third kappa shape index (κ3) is 4.03. The summed E-state index contributed by atoms with van der Waals surface area (Å²) in [5.41, 5.74) is 1.78. The van der Waals surface area contributed by atoms with Crippen molar-refractivity contribution < 1.29 is 4.39 Å². The Hall–Kier alpha value is -0.850. The van der Waals surface area contributed by atoms with E-state index in [1.807, 2.05) is 0 Å². The summed E-state index contributed by atoms with van der Waals surface area (Å²) in [5.74, 6) is 1.71. The molecule has 2 aliphatic rings. The summed E-state index contributed by atoms with van der Waals surface area (Å²) in [4.78, 5) is 0. The van der Waals surface area contributed by atoms with Gasteiger partial charge >= 0.3 is 0 Å². The first-order valence-electron chi connectivity index (χ1n) is 10.5. The third-order valence-electron chi connectivity index (χ3n) is 7.01. The van der Waals surface area contributed by atoms with Crippen LogP contribution in [0.15, 0.2) is 24.3 Å². The van der Waals surface area contributed by atoms with Crippen molar-refractivity contribution in [1.29, 1.82) is 0 Å². The summed E-state index contributed by atoms with van der Waals surface area (Å²) in [6.45, 7) is 2.30. The molecule has 0 atom stereocenters. The van der Waals surface area contributed by atoms with E-state index in [-0.39, 0.29) is 5.82 Å². The van der Waals surface area contributed by atoms with E-state index in [9.17, 15) is 4.39 Å². The summed E-state index contributed by atoms with van der Waals surface area (Å²) in [7, 11) is 0. The number of halogens is 1. The van der Waals surface area contributed by atoms with Crippen LogP contribution in [0.25, 0.3) is 0 Å². The van der Waals surface area contributed by atoms with Crippen molar-refractivity contribution in [3.05, 3.63) is 35.6 Å². The zero-order chi connectivity index (χ0) is 16.8. The lowest BCUT2D eigenvalue weighted by Crippen LogP contribution is -2.39. The minimum atomic E-state index is -0.0932. The second-order valence-electron chi connectivity index (χ2n) is 8.44. The zero-order valence-electron chi connectivity index (χ0n) is 15.5. The van der Waals surface area contributed by atoms with Gasteiger partial charge in [0.25, 0.3) is 0 Å². The van der Waals surface area contributed by atoms with Crippen molar-refractivity contribution in [3.63, 3.8) is 0 Å². The average molecular weight is 331 g/mol. The quantitative estimate of drug-likeness (QED) is 0.476. The van der Waals surface area contributed by atoms with Crippen molar-refractivity contribution in [2.75, 3.05) is 0 Å². The van der Waals surface area contributed by atoms with Crippen LogP contribution in [-0.4, -0.2) is 0 Å². The molecular formula is C23H35F. The fourth-order valence-electron chi connectivity index (χ4n) is 5.58. The summed E-state index contributed by atoms with van der Waals surface area (Å²) < 4.78 is 13.4. The average Bonchev–Trinajstić information content (AvgIpc) is 2.64. The summed E-state index contributed by atoms with van der Waals surface area (Å²) in [6, 6.07) is 7.55. The molecule has 0 N–H and O–H groups in total. The van der Waals surface area contributed by atoms with Crippen LogP contribution < -0.4 is 0 Å². The van der Waals surface area contributed by atoms with E-state index >= 15 is 0 Å². The first kappa shape index (κ1) is 18.0. The topological polar surface area (TPSA) is 0 Å². The maximum Gasteiger partial charge on any atom is 0.123 e.